The number of tetrazole rings is 1. The fourth-order valence-corrected chi connectivity index (χ4v) is 4.47. The van der Waals surface area contributed by atoms with E-state index in [-0.39, 0.29) is 18.0 Å². The first-order valence-electron chi connectivity index (χ1n) is 11.5. The number of carbonyl (C=O) groups excluding carboxylic acids is 1. The van der Waals surface area contributed by atoms with Gasteiger partial charge in [-0.25, -0.2) is 18.9 Å². The van der Waals surface area contributed by atoms with Crippen molar-refractivity contribution in [1.82, 2.24) is 35.7 Å². The Morgan fingerprint density at radius 3 is 3.09 bits per heavy atom. The molecule has 180 valence electrons. The largest absolute Gasteiger partial charge is 0.492 e. The summed E-state index contributed by atoms with van der Waals surface area (Å²) < 4.78 is 27.4. The highest BCUT2D eigenvalue weighted by Gasteiger charge is 2.33. The molecule has 34 heavy (non-hydrogen) atoms. The molecule has 0 saturated carbocycles. The van der Waals surface area contributed by atoms with Gasteiger partial charge in [-0.15, -0.1) is 5.10 Å². The predicted molar refractivity (Wildman–Crippen MR) is 120 cm³/mol. The van der Waals surface area contributed by atoms with Crippen molar-refractivity contribution in [3.63, 3.8) is 0 Å². The summed E-state index contributed by atoms with van der Waals surface area (Å²) in [6.07, 6.45) is 6.63. The lowest BCUT2D eigenvalue weighted by Gasteiger charge is -2.16. The van der Waals surface area contributed by atoms with Gasteiger partial charge < -0.3 is 20.1 Å². The number of hydrogen-bond donors (Lipinski definition) is 2. The second kappa shape index (κ2) is 10.2. The highest BCUT2D eigenvalue weighted by Crippen LogP contribution is 2.32. The summed E-state index contributed by atoms with van der Waals surface area (Å²) in [6, 6.07) is 3.39. The Labute approximate surface area is 196 Å². The van der Waals surface area contributed by atoms with E-state index in [1.54, 1.807) is 22.0 Å². The number of halogens is 1. The molecule has 2 atom stereocenters. The molecule has 1 aromatic heterocycles. The summed E-state index contributed by atoms with van der Waals surface area (Å²) in [5, 5.41) is 17.4. The fourth-order valence-electron chi connectivity index (χ4n) is 4.47. The van der Waals surface area contributed by atoms with Crippen molar-refractivity contribution in [2.45, 2.75) is 31.9 Å². The van der Waals surface area contributed by atoms with Gasteiger partial charge in [-0.3, -0.25) is 4.90 Å². The molecule has 2 N–H and O–H groups in total. The Balaban J connectivity index is 1.04. The molecule has 3 aliphatic rings. The molecule has 5 rings (SSSR count). The van der Waals surface area contributed by atoms with E-state index in [0.717, 1.165) is 24.1 Å². The second-order valence-electron chi connectivity index (χ2n) is 8.57. The lowest BCUT2D eigenvalue weighted by atomic mass is 10.1. The van der Waals surface area contributed by atoms with E-state index in [2.05, 4.69) is 31.2 Å². The van der Waals surface area contributed by atoms with E-state index in [9.17, 15) is 9.18 Å². The molecule has 2 aromatic rings. The summed E-state index contributed by atoms with van der Waals surface area (Å²) in [5.74, 6) is 1.20. The quantitative estimate of drug-likeness (QED) is 0.492. The zero-order valence-electron chi connectivity index (χ0n) is 18.7. The molecule has 1 saturated heterocycles. The molecule has 11 nitrogen and oxygen atoms in total. The maximum Gasteiger partial charge on any atom is 0.415 e. The van der Waals surface area contributed by atoms with Gasteiger partial charge in [0.1, 0.15) is 30.6 Å². The zero-order chi connectivity index (χ0) is 23.3. The summed E-state index contributed by atoms with van der Waals surface area (Å²) >= 11 is 0. The van der Waals surface area contributed by atoms with Gasteiger partial charge in [0.2, 0.25) is 0 Å². The van der Waals surface area contributed by atoms with Crippen molar-refractivity contribution in [2.24, 2.45) is 10.9 Å². The fraction of sp³-hybridized carbons (Fsp3) is 0.500. The van der Waals surface area contributed by atoms with E-state index in [1.165, 1.54) is 12.4 Å². The van der Waals surface area contributed by atoms with Crippen LogP contribution in [0.2, 0.25) is 0 Å². The first-order valence-corrected chi connectivity index (χ1v) is 11.5. The first-order chi connectivity index (χ1) is 16.7. The minimum absolute atomic E-state index is 0.177. The van der Waals surface area contributed by atoms with E-state index >= 15 is 0 Å². The molecular formula is C22H27FN8O3. The van der Waals surface area contributed by atoms with Gasteiger partial charge >= 0.3 is 6.09 Å². The van der Waals surface area contributed by atoms with Crippen molar-refractivity contribution in [2.75, 3.05) is 32.8 Å². The molecule has 1 aromatic carbocycles. The highest BCUT2D eigenvalue weighted by atomic mass is 19.1. The number of nitrogens with one attached hydrogen (secondary N) is 2. The minimum Gasteiger partial charge on any atom is -0.492 e. The van der Waals surface area contributed by atoms with Crippen LogP contribution in [0.15, 0.2) is 35.5 Å². The predicted octanol–water partition coefficient (Wildman–Crippen LogP) is 0.879. The summed E-state index contributed by atoms with van der Waals surface area (Å²) in [6.45, 7) is 3.48. The van der Waals surface area contributed by atoms with Crippen molar-refractivity contribution >= 4 is 12.3 Å². The van der Waals surface area contributed by atoms with Crippen LogP contribution in [0.5, 0.6) is 5.75 Å². The number of nitrogens with zero attached hydrogens (tertiary/aromatic N) is 6. The standard InChI is InChI=1S/C22H27FN8O3/c23-20-10-18(33-6-5-30-14-27-28-29-30)9-16-7-15(8-19(16)20)11-24-2-1-17-13-31(22(32)34-17)21-12-25-3-4-26-21/h4,9-10,12,14-15,17,24-25H,1-3,5-8,11,13H2. The topological polar surface area (TPSA) is 119 Å². The van der Waals surface area contributed by atoms with Crippen LogP contribution >= 0.6 is 0 Å². The number of fused-ring (bicyclic) bond motifs is 1. The van der Waals surface area contributed by atoms with Crippen LogP contribution in [0.25, 0.3) is 0 Å². The van der Waals surface area contributed by atoms with Gasteiger partial charge in [-0.2, -0.15) is 0 Å². The number of ether oxygens (including phenoxy) is 2. The molecule has 1 aliphatic carbocycles. The maximum atomic E-state index is 14.6. The molecular weight excluding hydrogens is 443 g/mol. The zero-order valence-corrected chi connectivity index (χ0v) is 18.7. The monoisotopic (exact) mass is 470 g/mol. The molecule has 1 fully saturated rings. The van der Waals surface area contributed by atoms with Crippen LogP contribution in [-0.2, 0) is 24.1 Å². The summed E-state index contributed by atoms with van der Waals surface area (Å²) in [7, 11) is 0. The Hall–Kier alpha value is -3.54. The van der Waals surface area contributed by atoms with Crippen molar-refractivity contribution in [1.29, 1.82) is 0 Å². The third kappa shape index (κ3) is 5.16. The smallest absolute Gasteiger partial charge is 0.415 e. The number of amides is 1. The van der Waals surface area contributed by atoms with Crippen molar-refractivity contribution < 1.29 is 18.7 Å². The van der Waals surface area contributed by atoms with Crippen LogP contribution in [-0.4, -0.2) is 76.3 Å². The number of carbonyl (C=O) groups is 1. The third-order valence-corrected chi connectivity index (χ3v) is 6.13. The Bertz CT molecular complexity index is 1070. The molecule has 2 unspecified atom stereocenters. The minimum atomic E-state index is -0.366. The Morgan fingerprint density at radius 1 is 1.32 bits per heavy atom. The van der Waals surface area contributed by atoms with Gasteiger partial charge in [0.25, 0.3) is 0 Å². The number of rotatable bonds is 10. The number of hydrogen-bond acceptors (Lipinski definition) is 9. The molecule has 3 heterocycles. The first kappa shape index (κ1) is 22.3. The molecule has 0 radical (unpaired) electrons. The second-order valence-corrected chi connectivity index (χ2v) is 8.57. The van der Waals surface area contributed by atoms with Crippen molar-refractivity contribution in [3.8, 4) is 5.75 Å². The normalized spacial score (nSPS) is 21.3. The van der Waals surface area contributed by atoms with Crippen molar-refractivity contribution in [3.05, 3.63) is 47.4 Å². The lowest BCUT2D eigenvalue weighted by molar-refractivity contribution is 0.130. The third-order valence-electron chi connectivity index (χ3n) is 6.13. The number of aliphatic imine (C=N–C) groups is 1. The van der Waals surface area contributed by atoms with Gasteiger partial charge in [0.15, 0.2) is 5.82 Å². The van der Waals surface area contributed by atoms with Crippen LogP contribution in [0.4, 0.5) is 9.18 Å². The summed E-state index contributed by atoms with van der Waals surface area (Å²) in [5.41, 5.74) is 1.77. The average Bonchev–Trinajstić information content (AvgIpc) is 3.58. The van der Waals surface area contributed by atoms with E-state index in [0.29, 0.717) is 63.1 Å². The van der Waals surface area contributed by atoms with E-state index in [1.807, 2.05) is 6.07 Å². The molecule has 0 bridgehead atoms. The van der Waals surface area contributed by atoms with Gasteiger partial charge in [0.05, 0.1) is 13.1 Å². The summed E-state index contributed by atoms with van der Waals surface area (Å²) in [4.78, 5) is 17.9. The molecule has 0 spiro atoms. The van der Waals surface area contributed by atoms with Crippen LogP contribution < -0.4 is 15.4 Å². The Kier molecular flexibility index (Phi) is 6.65. The highest BCUT2D eigenvalue weighted by molar-refractivity contribution is 5.73. The average molecular weight is 471 g/mol. The maximum absolute atomic E-state index is 14.6. The number of benzene rings is 1. The lowest BCUT2D eigenvalue weighted by Crippen LogP contribution is -2.29. The number of cyclic esters (lactones) is 1. The van der Waals surface area contributed by atoms with Gasteiger partial charge in [-0.05, 0) is 65.9 Å². The molecule has 12 heteroatoms. The van der Waals surface area contributed by atoms with Gasteiger partial charge in [-0.1, -0.05) is 0 Å². The van der Waals surface area contributed by atoms with Crippen LogP contribution in [0.1, 0.15) is 17.5 Å². The molecule has 2 aliphatic heterocycles. The van der Waals surface area contributed by atoms with Crippen LogP contribution in [0.3, 0.4) is 0 Å². The molecule has 1 amide bonds. The van der Waals surface area contributed by atoms with E-state index in [4.69, 9.17) is 9.47 Å². The van der Waals surface area contributed by atoms with Crippen LogP contribution in [0, 0.1) is 11.7 Å². The SMILES string of the molecule is O=C1OC(CCNCC2Cc3cc(OCCn4cnnn4)cc(F)c3C2)CN1C1=CNCC=N1. The van der Waals surface area contributed by atoms with E-state index < -0.39 is 0 Å². The van der Waals surface area contributed by atoms with Gasteiger partial charge in [0, 0.05) is 25.0 Å². The Morgan fingerprint density at radius 2 is 2.26 bits per heavy atom. The number of aromatic nitrogens is 4.